The van der Waals surface area contributed by atoms with Gasteiger partial charge in [-0.3, -0.25) is 10.1 Å². The van der Waals surface area contributed by atoms with Crippen molar-refractivity contribution in [3.8, 4) is 17.2 Å². The van der Waals surface area contributed by atoms with Crippen LogP contribution in [0.25, 0.3) is 22.6 Å². The Morgan fingerprint density at radius 3 is 2.62 bits per heavy atom. The van der Waals surface area contributed by atoms with Crippen molar-refractivity contribution in [1.29, 1.82) is 0 Å². The first-order valence-corrected chi connectivity index (χ1v) is 11.7. The smallest absolute Gasteiger partial charge is 0.257 e. The third-order valence-electron chi connectivity index (χ3n) is 5.27. The molecule has 0 aliphatic carbocycles. The summed E-state index contributed by atoms with van der Waals surface area (Å²) < 4.78 is 11.5. The summed E-state index contributed by atoms with van der Waals surface area (Å²) in [4.78, 5) is 17.2. The van der Waals surface area contributed by atoms with E-state index in [4.69, 9.17) is 21.4 Å². The molecule has 4 rings (SSSR count). The lowest BCUT2D eigenvalue weighted by Gasteiger charge is -2.10. The summed E-state index contributed by atoms with van der Waals surface area (Å²) in [5, 5.41) is 5.93. The molecule has 174 valence electrons. The van der Waals surface area contributed by atoms with Crippen LogP contribution in [-0.4, -0.2) is 22.6 Å². The number of fused-ring (bicyclic) bond motifs is 1. The van der Waals surface area contributed by atoms with Gasteiger partial charge in [0.15, 0.2) is 10.7 Å². The van der Waals surface area contributed by atoms with Gasteiger partial charge in [0, 0.05) is 16.8 Å². The Balaban J connectivity index is 1.43. The summed E-state index contributed by atoms with van der Waals surface area (Å²) in [5.41, 5.74) is 4.73. The molecule has 0 saturated carbocycles. The van der Waals surface area contributed by atoms with Crippen molar-refractivity contribution in [1.82, 2.24) is 10.3 Å². The van der Waals surface area contributed by atoms with Gasteiger partial charge < -0.3 is 14.5 Å². The van der Waals surface area contributed by atoms with E-state index in [2.05, 4.69) is 41.6 Å². The molecule has 0 unspecified atom stereocenters. The van der Waals surface area contributed by atoms with Gasteiger partial charge in [-0.2, -0.15) is 0 Å². The zero-order chi connectivity index (χ0) is 24.1. The monoisotopic (exact) mass is 473 g/mol. The molecule has 0 aliphatic rings. The molecule has 1 heterocycles. The summed E-state index contributed by atoms with van der Waals surface area (Å²) in [6, 6.07) is 20.7. The number of rotatable bonds is 7. The number of ether oxygens (including phenoxy) is 1. The van der Waals surface area contributed by atoms with Crippen LogP contribution in [0.5, 0.6) is 5.75 Å². The van der Waals surface area contributed by atoms with E-state index in [0.717, 1.165) is 12.0 Å². The lowest BCUT2D eigenvalue weighted by Crippen LogP contribution is -2.34. The lowest BCUT2D eigenvalue weighted by atomic mass is 10.0. The minimum absolute atomic E-state index is 0.192. The molecule has 0 radical (unpaired) electrons. The number of carbonyl (C=O) groups excluding carboxylic acids is 1. The molecule has 2 N–H and O–H groups in total. The lowest BCUT2D eigenvalue weighted by molar-refractivity contribution is 0.0977. The van der Waals surface area contributed by atoms with Crippen molar-refractivity contribution < 1.29 is 13.9 Å². The first kappa shape index (κ1) is 23.4. The maximum absolute atomic E-state index is 12.6. The van der Waals surface area contributed by atoms with Gasteiger partial charge in [0.25, 0.3) is 5.91 Å². The summed E-state index contributed by atoms with van der Waals surface area (Å²) >= 11 is 5.33. The molecule has 4 aromatic rings. The number of hydrogen-bond acceptors (Lipinski definition) is 5. The molecular formula is C27H27N3O3S. The molecule has 1 amide bonds. The van der Waals surface area contributed by atoms with Crippen LogP contribution in [0.4, 0.5) is 5.69 Å². The number of hydrogen-bond donors (Lipinski definition) is 2. The maximum Gasteiger partial charge on any atom is 0.257 e. The van der Waals surface area contributed by atoms with Crippen molar-refractivity contribution in [2.75, 3.05) is 11.9 Å². The Morgan fingerprint density at radius 2 is 1.88 bits per heavy atom. The number of thiocarbonyl (C=S) groups is 1. The summed E-state index contributed by atoms with van der Waals surface area (Å²) in [6.45, 7) is 6.95. The van der Waals surface area contributed by atoms with E-state index in [1.54, 1.807) is 18.2 Å². The number of oxazole rings is 1. The molecule has 0 saturated heterocycles. The van der Waals surface area contributed by atoms with Crippen LogP contribution in [0.3, 0.4) is 0 Å². The predicted molar refractivity (Wildman–Crippen MR) is 139 cm³/mol. The summed E-state index contributed by atoms with van der Waals surface area (Å²) in [7, 11) is 0. The summed E-state index contributed by atoms with van der Waals surface area (Å²) in [5.74, 6) is 1.37. The Bertz CT molecular complexity index is 1310. The quantitative estimate of drug-likeness (QED) is 0.297. The van der Waals surface area contributed by atoms with E-state index in [0.29, 0.717) is 46.5 Å². The van der Waals surface area contributed by atoms with Gasteiger partial charge in [-0.15, -0.1) is 0 Å². The van der Waals surface area contributed by atoms with Crippen LogP contribution in [0.1, 0.15) is 49.0 Å². The normalized spacial score (nSPS) is 10.9. The van der Waals surface area contributed by atoms with Gasteiger partial charge in [0.1, 0.15) is 11.3 Å². The number of carbonyl (C=O) groups is 1. The highest BCUT2D eigenvalue weighted by atomic mass is 32.1. The molecule has 6 nitrogen and oxygen atoms in total. The fraction of sp³-hybridized carbons (Fsp3) is 0.222. The first-order chi connectivity index (χ1) is 16.4. The molecule has 7 heteroatoms. The fourth-order valence-electron chi connectivity index (χ4n) is 3.42. The maximum atomic E-state index is 12.6. The van der Waals surface area contributed by atoms with Gasteiger partial charge >= 0.3 is 0 Å². The summed E-state index contributed by atoms with van der Waals surface area (Å²) in [6.07, 6.45) is 0.895. The highest BCUT2D eigenvalue weighted by Gasteiger charge is 2.12. The molecule has 0 spiro atoms. The van der Waals surface area contributed by atoms with Gasteiger partial charge in [-0.25, -0.2) is 4.98 Å². The number of anilines is 1. The molecule has 3 aromatic carbocycles. The molecule has 0 bridgehead atoms. The first-order valence-electron chi connectivity index (χ1n) is 11.3. The highest BCUT2D eigenvalue weighted by molar-refractivity contribution is 7.80. The van der Waals surface area contributed by atoms with E-state index in [9.17, 15) is 4.79 Å². The van der Waals surface area contributed by atoms with Gasteiger partial charge in [0.05, 0.1) is 6.61 Å². The van der Waals surface area contributed by atoms with E-state index >= 15 is 0 Å². The number of aromatic nitrogens is 1. The van der Waals surface area contributed by atoms with E-state index in [1.165, 1.54) is 5.56 Å². The average Bonchev–Trinajstić information content (AvgIpc) is 3.26. The molecule has 0 aliphatic heterocycles. The topological polar surface area (TPSA) is 76.4 Å². The second-order valence-corrected chi connectivity index (χ2v) is 8.67. The third kappa shape index (κ3) is 5.61. The Morgan fingerprint density at radius 1 is 1.09 bits per heavy atom. The van der Waals surface area contributed by atoms with Crippen LogP contribution >= 0.6 is 12.2 Å². The third-order valence-corrected chi connectivity index (χ3v) is 5.47. The molecule has 34 heavy (non-hydrogen) atoms. The second-order valence-electron chi connectivity index (χ2n) is 8.26. The van der Waals surface area contributed by atoms with Crippen LogP contribution in [0.15, 0.2) is 71.1 Å². The number of amides is 1. The standard InChI is InChI=1S/C27H27N3O3S/c1-4-14-32-22-7-5-6-20(15-22)25(31)30-27(34)28-21-12-13-24-23(16-21)29-26(33-24)19-10-8-18(9-11-19)17(2)3/h5-13,15-17H,4,14H2,1-3H3,(H2,28,30,31,34). The Hall–Kier alpha value is -3.71. The van der Waals surface area contributed by atoms with Crippen LogP contribution in [0, 0.1) is 0 Å². The van der Waals surface area contributed by atoms with Crippen molar-refractivity contribution in [2.24, 2.45) is 0 Å². The SMILES string of the molecule is CCCOc1cccc(C(=O)NC(=S)Nc2ccc3oc(-c4ccc(C(C)C)cc4)nc3c2)c1. The van der Waals surface area contributed by atoms with Gasteiger partial charge in [-0.1, -0.05) is 39.0 Å². The van der Waals surface area contributed by atoms with Crippen molar-refractivity contribution in [3.63, 3.8) is 0 Å². The van der Waals surface area contributed by atoms with Crippen molar-refractivity contribution in [2.45, 2.75) is 33.1 Å². The van der Waals surface area contributed by atoms with Crippen molar-refractivity contribution in [3.05, 3.63) is 77.9 Å². The molecule has 1 aromatic heterocycles. The molecule has 0 fully saturated rings. The van der Waals surface area contributed by atoms with Crippen LogP contribution < -0.4 is 15.4 Å². The van der Waals surface area contributed by atoms with Gasteiger partial charge in [0.2, 0.25) is 5.89 Å². The van der Waals surface area contributed by atoms with E-state index in [1.807, 2.05) is 43.3 Å². The largest absolute Gasteiger partial charge is 0.494 e. The Kier molecular flexibility index (Phi) is 7.23. The predicted octanol–water partition coefficient (Wildman–Crippen LogP) is 6.53. The van der Waals surface area contributed by atoms with E-state index < -0.39 is 0 Å². The minimum Gasteiger partial charge on any atom is -0.494 e. The van der Waals surface area contributed by atoms with E-state index in [-0.39, 0.29) is 11.0 Å². The Labute approximate surface area is 204 Å². The zero-order valence-corrected chi connectivity index (χ0v) is 20.2. The molecule has 0 atom stereocenters. The van der Waals surface area contributed by atoms with Crippen molar-refractivity contribution >= 4 is 40.0 Å². The zero-order valence-electron chi connectivity index (χ0n) is 19.4. The highest BCUT2D eigenvalue weighted by Crippen LogP contribution is 2.27. The minimum atomic E-state index is -0.311. The molecular weight excluding hydrogens is 446 g/mol. The second kappa shape index (κ2) is 10.5. The number of nitrogens with zero attached hydrogens (tertiary/aromatic N) is 1. The van der Waals surface area contributed by atoms with Gasteiger partial charge in [-0.05, 0) is 78.7 Å². The fourth-order valence-corrected chi connectivity index (χ4v) is 3.63. The average molecular weight is 474 g/mol. The van der Waals surface area contributed by atoms with Crippen LogP contribution in [-0.2, 0) is 0 Å². The number of nitrogens with one attached hydrogen (secondary N) is 2. The number of benzene rings is 3. The van der Waals surface area contributed by atoms with Crippen LogP contribution in [0.2, 0.25) is 0 Å².